The Labute approximate surface area is 214 Å². The van der Waals surface area contributed by atoms with Gasteiger partial charge in [-0.2, -0.15) is 5.10 Å². The van der Waals surface area contributed by atoms with Gasteiger partial charge in [0.05, 0.1) is 31.5 Å². The van der Waals surface area contributed by atoms with Crippen molar-refractivity contribution in [1.82, 2.24) is 14.7 Å². The average molecular weight is 509 g/mol. The van der Waals surface area contributed by atoms with Crippen LogP contribution in [-0.2, 0) is 19.1 Å². The summed E-state index contributed by atoms with van der Waals surface area (Å²) in [6.07, 6.45) is 0.236. The van der Waals surface area contributed by atoms with Gasteiger partial charge in [0.2, 0.25) is 5.91 Å². The van der Waals surface area contributed by atoms with E-state index in [0.717, 1.165) is 11.3 Å². The summed E-state index contributed by atoms with van der Waals surface area (Å²) < 4.78 is 24.8. The van der Waals surface area contributed by atoms with Crippen LogP contribution in [0.25, 0.3) is 16.9 Å². The largest absolute Gasteiger partial charge is 0.469 e. The maximum Gasteiger partial charge on any atom is 0.358 e. The number of hydrogen-bond donors (Lipinski definition) is 0. The molecule has 4 rings (SSSR count). The molecule has 0 unspecified atom stereocenters. The summed E-state index contributed by atoms with van der Waals surface area (Å²) in [7, 11) is 1.31. The highest BCUT2D eigenvalue weighted by Crippen LogP contribution is 2.27. The van der Waals surface area contributed by atoms with Crippen molar-refractivity contribution in [2.24, 2.45) is 0 Å². The van der Waals surface area contributed by atoms with Crippen molar-refractivity contribution < 1.29 is 28.2 Å². The van der Waals surface area contributed by atoms with Gasteiger partial charge in [0.25, 0.3) is 0 Å². The van der Waals surface area contributed by atoms with E-state index >= 15 is 0 Å². The van der Waals surface area contributed by atoms with E-state index in [1.165, 1.54) is 19.2 Å². The predicted octanol–water partition coefficient (Wildman–Crippen LogP) is 3.46. The smallest absolute Gasteiger partial charge is 0.358 e. The van der Waals surface area contributed by atoms with E-state index in [4.69, 9.17) is 4.74 Å². The normalized spacial score (nSPS) is 13.4. The predicted molar refractivity (Wildman–Crippen MR) is 135 cm³/mol. The SMILES string of the molecule is CCOC(=O)c1cc(-c2ccc(N3CCN(C(=O)CCC(=O)OC)CC3)cc2)n(-c2ccc(F)cc2)n1. The summed E-state index contributed by atoms with van der Waals surface area (Å²) in [6, 6.07) is 15.4. The number of carbonyl (C=O) groups excluding carboxylic acids is 3. The van der Waals surface area contributed by atoms with Crippen molar-refractivity contribution in [2.45, 2.75) is 19.8 Å². The van der Waals surface area contributed by atoms with Gasteiger partial charge in [-0.05, 0) is 49.4 Å². The molecule has 1 aromatic heterocycles. The molecule has 1 amide bonds. The summed E-state index contributed by atoms with van der Waals surface area (Å²) in [5, 5.41) is 4.42. The molecular weight excluding hydrogens is 479 g/mol. The molecule has 194 valence electrons. The number of hydrogen-bond acceptors (Lipinski definition) is 7. The van der Waals surface area contributed by atoms with E-state index in [9.17, 15) is 18.8 Å². The molecule has 0 aliphatic carbocycles. The summed E-state index contributed by atoms with van der Waals surface area (Å²) in [4.78, 5) is 40.0. The zero-order valence-electron chi connectivity index (χ0n) is 20.9. The second-order valence-corrected chi connectivity index (χ2v) is 8.51. The van der Waals surface area contributed by atoms with Gasteiger partial charge < -0.3 is 19.3 Å². The third-order valence-corrected chi connectivity index (χ3v) is 6.20. The van der Waals surface area contributed by atoms with E-state index in [0.29, 0.717) is 37.6 Å². The van der Waals surface area contributed by atoms with E-state index in [1.807, 2.05) is 24.3 Å². The molecule has 2 aromatic carbocycles. The minimum absolute atomic E-state index is 0.0492. The summed E-state index contributed by atoms with van der Waals surface area (Å²) in [6.45, 7) is 4.45. The maximum absolute atomic E-state index is 13.5. The number of aromatic nitrogens is 2. The highest BCUT2D eigenvalue weighted by Gasteiger charge is 2.22. The monoisotopic (exact) mass is 508 g/mol. The zero-order chi connectivity index (χ0) is 26.4. The van der Waals surface area contributed by atoms with E-state index in [-0.39, 0.29) is 42.8 Å². The molecule has 3 aromatic rings. The van der Waals surface area contributed by atoms with Crippen molar-refractivity contribution in [2.75, 3.05) is 44.8 Å². The van der Waals surface area contributed by atoms with Crippen LogP contribution in [0, 0.1) is 5.82 Å². The van der Waals surface area contributed by atoms with Crippen molar-refractivity contribution in [3.63, 3.8) is 0 Å². The molecule has 0 N–H and O–H groups in total. The average Bonchev–Trinajstić information content (AvgIpc) is 3.38. The molecule has 1 aliphatic rings. The van der Waals surface area contributed by atoms with Gasteiger partial charge in [-0.15, -0.1) is 0 Å². The number of amides is 1. The molecule has 37 heavy (non-hydrogen) atoms. The van der Waals surface area contributed by atoms with E-state index in [2.05, 4.69) is 14.7 Å². The number of carbonyl (C=O) groups is 3. The van der Waals surface area contributed by atoms with Gasteiger partial charge in [0.1, 0.15) is 5.82 Å². The summed E-state index contributed by atoms with van der Waals surface area (Å²) >= 11 is 0. The second-order valence-electron chi connectivity index (χ2n) is 8.51. The van der Waals surface area contributed by atoms with Crippen molar-refractivity contribution >= 4 is 23.5 Å². The van der Waals surface area contributed by atoms with Gasteiger partial charge in [0, 0.05) is 43.9 Å². The lowest BCUT2D eigenvalue weighted by Gasteiger charge is -2.36. The van der Waals surface area contributed by atoms with Crippen LogP contribution in [0.5, 0.6) is 0 Å². The lowest BCUT2D eigenvalue weighted by atomic mass is 10.1. The van der Waals surface area contributed by atoms with Crippen LogP contribution in [0.1, 0.15) is 30.3 Å². The molecule has 0 saturated carbocycles. The molecule has 0 spiro atoms. The highest BCUT2D eigenvalue weighted by atomic mass is 19.1. The number of esters is 2. The number of halogens is 1. The number of anilines is 1. The number of methoxy groups -OCH3 is 1. The summed E-state index contributed by atoms with van der Waals surface area (Å²) in [5.74, 6) is -1.33. The Morgan fingerprint density at radius 3 is 2.19 bits per heavy atom. The maximum atomic E-state index is 13.5. The standard InChI is InChI=1S/C27H29FN4O5/c1-3-37-27(35)23-18-24(32(29-23)22-10-6-20(28)7-11-22)19-4-8-21(9-5-19)30-14-16-31(17-15-30)25(33)12-13-26(34)36-2/h4-11,18H,3,12-17H2,1-2H3. The highest BCUT2D eigenvalue weighted by molar-refractivity contribution is 5.89. The molecular formula is C27H29FN4O5. The van der Waals surface area contributed by atoms with Crippen LogP contribution < -0.4 is 4.90 Å². The topological polar surface area (TPSA) is 94.0 Å². The number of nitrogens with zero attached hydrogens (tertiary/aromatic N) is 4. The Balaban J connectivity index is 1.48. The van der Waals surface area contributed by atoms with Gasteiger partial charge in [0.15, 0.2) is 5.69 Å². The summed E-state index contributed by atoms with van der Waals surface area (Å²) in [5.41, 5.74) is 3.28. The van der Waals surface area contributed by atoms with Crippen LogP contribution in [0.3, 0.4) is 0 Å². The number of piperazine rings is 1. The minimum Gasteiger partial charge on any atom is -0.469 e. The molecule has 0 bridgehead atoms. The lowest BCUT2D eigenvalue weighted by molar-refractivity contribution is -0.143. The third kappa shape index (κ3) is 6.14. The molecule has 1 aliphatic heterocycles. The van der Waals surface area contributed by atoms with Crippen molar-refractivity contribution in [3.8, 4) is 16.9 Å². The van der Waals surface area contributed by atoms with E-state index in [1.54, 1.807) is 34.7 Å². The molecule has 9 nitrogen and oxygen atoms in total. The minimum atomic E-state index is -0.528. The van der Waals surface area contributed by atoms with Gasteiger partial charge in [-0.25, -0.2) is 13.9 Å². The van der Waals surface area contributed by atoms with Gasteiger partial charge in [-0.3, -0.25) is 9.59 Å². The van der Waals surface area contributed by atoms with Gasteiger partial charge in [-0.1, -0.05) is 12.1 Å². The van der Waals surface area contributed by atoms with E-state index < -0.39 is 5.97 Å². The molecule has 0 atom stereocenters. The number of rotatable bonds is 8. The third-order valence-electron chi connectivity index (χ3n) is 6.20. The first-order valence-corrected chi connectivity index (χ1v) is 12.1. The molecule has 1 fully saturated rings. The fourth-order valence-electron chi connectivity index (χ4n) is 4.20. The van der Waals surface area contributed by atoms with Crippen LogP contribution >= 0.6 is 0 Å². The molecule has 10 heteroatoms. The first-order valence-electron chi connectivity index (χ1n) is 12.1. The lowest BCUT2D eigenvalue weighted by Crippen LogP contribution is -2.48. The van der Waals surface area contributed by atoms with Crippen LogP contribution in [0.4, 0.5) is 10.1 Å². The van der Waals surface area contributed by atoms with Crippen molar-refractivity contribution in [3.05, 3.63) is 66.1 Å². The zero-order valence-corrected chi connectivity index (χ0v) is 20.9. The Hall–Kier alpha value is -4.21. The fraction of sp³-hybridized carbons (Fsp3) is 0.333. The fourth-order valence-corrected chi connectivity index (χ4v) is 4.20. The number of benzene rings is 2. The first kappa shape index (κ1) is 25.9. The Bertz CT molecular complexity index is 1250. The molecule has 0 radical (unpaired) electrons. The van der Waals surface area contributed by atoms with Crippen LogP contribution in [-0.4, -0.2) is 72.4 Å². The quantitative estimate of drug-likeness (QED) is 0.430. The van der Waals surface area contributed by atoms with Crippen LogP contribution in [0.15, 0.2) is 54.6 Å². The Morgan fingerprint density at radius 2 is 1.57 bits per heavy atom. The van der Waals surface area contributed by atoms with Crippen LogP contribution in [0.2, 0.25) is 0 Å². The second kappa shape index (κ2) is 11.7. The number of ether oxygens (including phenoxy) is 2. The first-order chi connectivity index (χ1) is 17.9. The molecule has 1 saturated heterocycles. The van der Waals surface area contributed by atoms with Gasteiger partial charge >= 0.3 is 11.9 Å². The Kier molecular flexibility index (Phi) is 8.17. The Morgan fingerprint density at radius 1 is 0.919 bits per heavy atom. The molecule has 2 heterocycles. The van der Waals surface area contributed by atoms with Crippen molar-refractivity contribution in [1.29, 1.82) is 0 Å².